The molecule has 0 saturated carbocycles. The summed E-state index contributed by atoms with van der Waals surface area (Å²) >= 11 is 4.92. The van der Waals surface area contributed by atoms with E-state index in [-0.39, 0.29) is 0 Å². The Morgan fingerprint density at radius 1 is 1.47 bits per heavy atom. The average Bonchev–Trinajstić information content (AvgIpc) is 2.28. The van der Waals surface area contributed by atoms with E-state index in [1.165, 1.54) is 0 Å². The van der Waals surface area contributed by atoms with E-state index in [1.54, 1.807) is 18.5 Å². The number of pyridine rings is 1. The van der Waals surface area contributed by atoms with E-state index in [0.29, 0.717) is 35.4 Å². The maximum Gasteiger partial charge on any atom is 0.147 e. The Hall–Kier alpha value is -1.20. The molecule has 5 heteroatoms. The first-order chi connectivity index (χ1) is 8.11. The molecule has 0 aromatic carbocycles. The van der Waals surface area contributed by atoms with E-state index in [0.717, 1.165) is 6.61 Å². The number of thiocarbonyl (C=S) groups is 1. The van der Waals surface area contributed by atoms with Gasteiger partial charge in [0.05, 0.1) is 18.4 Å². The highest BCUT2D eigenvalue weighted by Crippen LogP contribution is 2.15. The van der Waals surface area contributed by atoms with Crippen LogP contribution in [0.1, 0.15) is 19.4 Å². The number of hydrogen-bond donors (Lipinski definition) is 1. The molecule has 94 valence electrons. The van der Waals surface area contributed by atoms with Crippen molar-refractivity contribution in [3.8, 4) is 5.75 Å². The summed E-state index contributed by atoms with van der Waals surface area (Å²) in [6.07, 6.45) is 3.24. The Kier molecular flexibility index (Phi) is 5.86. The average molecular weight is 254 g/mol. The van der Waals surface area contributed by atoms with Crippen LogP contribution >= 0.6 is 12.2 Å². The Morgan fingerprint density at radius 2 is 2.24 bits per heavy atom. The highest BCUT2D eigenvalue weighted by Gasteiger charge is 2.05. The minimum atomic E-state index is 0.311. The molecule has 2 N–H and O–H groups in total. The lowest BCUT2D eigenvalue weighted by molar-refractivity contribution is 0.0817. The van der Waals surface area contributed by atoms with Gasteiger partial charge in [0.2, 0.25) is 0 Å². The predicted molar refractivity (Wildman–Crippen MR) is 71.3 cm³/mol. The number of aromatic nitrogens is 1. The first-order valence-electron chi connectivity index (χ1n) is 5.55. The molecule has 0 aliphatic heterocycles. The molecule has 1 rings (SSSR count). The van der Waals surface area contributed by atoms with Gasteiger partial charge in [-0.3, -0.25) is 4.98 Å². The first-order valence-corrected chi connectivity index (χ1v) is 5.96. The third kappa shape index (κ3) is 5.10. The maximum atomic E-state index is 5.58. The fraction of sp³-hybridized carbons (Fsp3) is 0.500. The van der Waals surface area contributed by atoms with Gasteiger partial charge >= 0.3 is 0 Å². The third-order valence-corrected chi connectivity index (χ3v) is 2.21. The van der Waals surface area contributed by atoms with Crippen LogP contribution in [0.3, 0.4) is 0 Å². The van der Waals surface area contributed by atoms with Crippen molar-refractivity contribution in [1.82, 2.24) is 4.98 Å². The van der Waals surface area contributed by atoms with Gasteiger partial charge in [-0.25, -0.2) is 0 Å². The van der Waals surface area contributed by atoms with Gasteiger partial charge in [0.15, 0.2) is 0 Å². The van der Waals surface area contributed by atoms with Crippen molar-refractivity contribution < 1.29 is 9.47 Å². The van der Waals surface area contributed by atoms with Gasteiger partial charge in [0.1, 0.15) is 17.3 Å². The molecule has 0 atom stereocenters. The molecule has 0 spiro atoms. The quantitative estimate of drug-likeness (QED) is 0.593. The molecule has 1 aromatic rings. The van der Waals surface area contributed by atoms with E-state index in [1.807, 2.05) is 0 Å². The second kappa shape index (κ2) is 7.19. The van der Waals surface area contributed by atoms with E-state index < -0.39 is 0 Å². The van der Waals surface area contributed by atoms with Gasteiger partial charge in [-0.1, -0.05) is 26.1 Å². The van der Waals surface area contributed by atoms with Gasteiger partial charge in [0, 0.05) is 12.8 Å². The highest BCUT2D eigenvalue weighted by molar-refractivity contribution is 7.80. The van der Waals surface area contributed by atoms with E-state index in [2.05, 4.69) is 18.8 Å². The predicted octanol–water partition coefficient (Wildman–Crippen LogP) is 1.77. The summed E-state index contributed by atoms with van der Waals surface area (Å²) in [6.45, 7) is 5.95. The van der Waals surface area contributed by atoms with Crippen molar-refractivity contribution in [2.24, 2.45) is 11.7 Å². The Balaban J connectivity index is 2.39. The van der Waals surface area contributed by atoms with Crippen LogP contribution in [0.5, 0.6) is 5.75 Å². The fourth-order valence-corrected chi connectivity index (χ4v) is 1.40. The molecule has 1 heterocycles. The lowest BCUT2D eigenvalue weighted by Gasteiger charge is -2.10. The second-order valence-electron chi connectivity index (χ2n) is 4.05. The second-order valence-corrected chi connectivity index (χ2v) is 4.49. The molecule has 0 aliphatic rings. The topological polar surface area (TPSA) is 57.4 Å². The zero-order chi connectivity index (χ0) is 12.7. The molecule has 0 fully saturated rings. The summed E-state index contributed by atoms with van der Waals surface area (Å²) < 4.78 is 10.9. The van der Waals surface area contributed by atoms with E-state index in [9.17, 15) is 0 Å². The largest absolute Gasteiger partial charge is 0.489 e. The maximum absolute atomic E-state index is 5.58. The van der Waals surface area contributed by atoms with Gasteiger partial charge in [-0.2, -0.15) is 0 Å². The van der Waals surface area contributed by atoms with Crippen molar-refractivity contribution in [3.63, 3.8) is 0 Å². The van der Waals surface area contributed by atoms with Crippen LogP contribution in [0.15, 0.2) is 18.5 Å². The molecule has 0 unspecified atom stereocenters. The van der Waals surface area contributed by atoms with Gasteiger partial charge in [0.25, 0.3) is 0 Å². The van der Waals surface area contributed by atoms with Crippen molar-refractivity contribution in [2.75, 3.05) is 19.8 Å². The van der Waals surface area contributed by atoms with E-state index in [4.69, 9.17) is 27.4 Å². The monoisotopic (exact) mass is 254 g/mol. The van der Waals surface area contributed by atoms with Crippen LogP contribution in [0.25, 0.3) is 0 Å². The van der Waals surface area contributed by atoms with Crippen LogP contribution in [-0.4, -0.2) is 29.8 Å². The van der Waals surface area contributed by atoms with Crippen LogP contribution in [0.4, 0.5) is 0 Å². The summed E-state index contributed by atoms with van der Waals surface area (Å²) in [5.41, 5.74) is 6.28. The fourth-order valence-electron chi connectivity index (χ4n) is 1.23. The Labute approximate surface area is 107 Å². The molecule has 4 nitrogen and oxygen atoms in total. The highest BCUT2D eigenvalue weighted by atomic mass is 32.1. The van der Waals surface area contributed by atoms with Crippen molar-refractivity contribution in [1.29, 1.82) is 0 Å². The number of hydrogen-bond acceptors (Lipinski definition) is 4. The van der Waals surface area contributed by atoms with Gasteiger partial charge < -0.3 is 15.2 Å². The van der Waals surface area contributed by atoms with Crippen LogP contribution in [-0.2, 0) is 4.74 Å². The Morgan fingerprint density at radius 3 is 2.88 bits per heavy atom. The summed E-state index contributed by atoms with van der Waals surface area (Å²) in [5.74, 6) is 1.13. The van der Waals surface area contributed by atoms with Crippen LogP contribution in [0.2, 0.25) is 0 Å². The first kappa shape index (κ1) is 13.9. The van der Waals surface area contributed by atoms with E-state index >= 15 is 0 Å². The number of nitrogens with two attached hydrogens (primary N) is 1. The minimum absolute atomic E-state index is 0.311. The zero-order valence-electron chi connectivity index (χ0n) is 10.2. The molecule has 0 saturated heterocycles. The smallest absolute Gasteiger partial charge is 0.147 e. The zero-order valence-corrected chi connectivity index (χ0v) is 11.0. The molecule has 0 aliphatic carbocycles. The van der Waals surface area contributed by atoms with Crippen molar-refractivity contribution >= 4 is 17.2 Å². The van der Waals surface area contributed by atoms with Crippen LogP contribution < -0.4 is 10.5 Å². The summed E-state index contributed by atoms with van der Waals surface area (Å²) in [5, 5.41) is 0. The SMILES string of the molecule is CC(C)COCCOc1cnccc1C(N)=S. The lowest BCUT2D eigenvalue weighted by Crippen LogP contribution is -2.14. The summed E-state index contributed by atoms with van der Waals surface area (Å²) in [4.78, 5) is 4.28. The molecule has 0 radical (unpaired) electrons. The number of ether oxygens (including phenoxy) is 2. The summed E-state index contributed by atoms with van der Waals surface area (Å²) in [7, 11) is 0. The van der Waals surface area contributed by atoms with Crippen molar-refractivity contribution in [3.05, 3.63) is 24.0 Å². The lowest BCUT2D eigenvalue weighted by atomic mass is 10.2. The summed E-state index contributed by atoms with van der Waals surface area (Å²) in [6, 6.07) is 1.74. The molecule has 0 bridgehead atoms. The Bertz CT molecular complexity index is 369. The van der Waals surface area contributed by atoms with Gasteiger partial charge in [-0.15, -0.1) is 0 Å². The number of rotatable bonds is 7. The molecular formula is C12H18N2O2S. The van der Waals surface area contributed by atoms with Crippen molar-refractivity contribution in [2.45, 2.75) is 13.8 Å². The van der Waals surface area contributed by atoms with Gasteiger partial charge in [-0.05, 0) is 12.0 Å². The standard InChI is InChI=1S/C12H18N2O2S/c1-9(2)8-15-5-6-16-11-7-14-4-3-10(11)12(13)17/h3-4,7,9H,5-6,8H2,1-2H3,(H2,13,17). The molecule has 1 aromatic heterocycles. The molecule has 17 heavy (non-hydrogen) atoms. The molecule has 0 amide bonds. The minimum Gasteiger partial charge on any atom is -0.489 e. The third-order valence-electron chi connectivity index (χ3n) is 1.99. The van der Waals surface area contributed by atoms with Crippen LogP contribution in [0, 0.1) is 5.92 Å². The number of nitrogens with zero attached hydrogens (tertiary/aromatic N) is 1. The molecular weight excluding hydrogens is 236 g/mol. The normalized spacial score (nSPS) is 10.5.